The molecule has 5 nitrogen and oxygen atoms in total. The maximum atomic E-state index is 13.9. The van der Waals surface area contributed by atoms with Crippen molar-refractivity contribution >= 4 is 27.4 Å². The van der Waals surface area contributed by atoms with Gasteiger partial charge in [-0.3, -0.25) is 0 Å². The van der Waals surface area contributed by atoms with Crippen LogP contribution in [0.5, 0.6) is 5.75 Å². The number of nitrogens with two attached hydrogens (primary N) is 1. The summed E-state index contributed by atoms with van der Waals surface area (Å²) in [6.07, 6.45) is 0. The summed E-state index contributed by atoms with van der Waals surface area (Å²) in [4.78, 5) is 9.45. The Morgan fingerprint density at radius 3 is 3.00 bits per heavy atom. The van der Waals surface area contributed by atoms with Gasteiger partial charge in [0.05, 0.1) is 5.39 Å². The number of halogens is 1. The van der Waals surface area contributed by atoms with E-state index in [9.17, 15) is 4.39 Å². The summed E-state index contributed by atoms with van der Waals surface area (Å²) in [5.74, 6) is 6.25. The Kier molecular flexibility index (Phi) is 3.68. The maximum Gasteiger partial charge on any atom is 0.169 e. The number of nitrogen functional groups attached to an aromatic ring is 1. The molecule has 108 valence electrons. The fourth-order valence-corrected chi connectivity index (χ4v) is 2.73. The van der Waals surface area contributed by atoms with E-state index in [-0.39, 0.29) is 18.2 Å². The van der Waals surface area contributed by atoms with E-state index < -0.39 is 0 Å². The third kappa shape index (κ3) is 2.65. The Morgan fingerprint density at radius 2 is 2.19 bits per heavy atom. The average Bonchev–Trinajstić information content (AvgIpc) is 2.96. The number of hydrogen-bond donors (Lipinski definition) is 2. The number of hydrogen-bond acceptors (Lipinski definition) is 6. The predicted molar refractivity (Wildman–Crippen MR) is 80.7 cm³/mol. The highest BCUT2D eigenvalue weighted by Gasteiger charge is 2.10. The van der Waals surface area contributed by atoms with Crippen LogP contribution in [0.15, 0.2) is 29.6 Å². The van der Waals surface area contributed by atoms with Crippen molar-refractivity contribution in [2.45, 2.75) is 13.5 Å². The van der Waals surface area contributed by atoms with Crippen LogP contribution in [0.1, 0.15) is 11.4 Å². The molecule has 2 heterocycles. The summed E-state index contributed by atoms with van der Waals surface area (Å²) < 4.78 is 19.3. The maximum absolute atomic E-state index is 13.9. The molecule has 2 aromatic heterocycles. The number of rotatable bonds is 4. The zero-order valence-corrected chi connectivity index (χ0v) is 12.1. The Hall–Kier alpha value is -2.25. The van der Waals surface area contributed by atoms with Gasteiger partial charge in [0.25, 0.3) is 0 Å². The third-order valence-corrected chi connectivity index (χ3v) is 3.83. The van der Waals surface area contributed by atoms with Crippen molar-refractivity contribution < 1.29 is 9.13 Å². The van der Waals surface area contributed by atoms with Gasteiger partial charge in [-0.2, -0.15) is 0 Å². The van der Waals surface area contributed by atoms with Gasteiger partial charge in [0.15, 0.2) is 23.2 Å². The number of aromatic nitrogens is 2. The zero-order chi connectivity index (χ0) is 14.8. The molecule has 0 aliphatic heterocycles. The zero-order valence-electron chi connectivity index (χ0n) is 11.3. The number of benzene rings is 1. The number of nitrogens with one attached hydrogen (secondary N) is 1. The molecule has 0 aliphatic rings. The summed E-state index contributed by atoms with van der Waals surface area (Å²) >= 11 is 1.48. The van der Waals surface area contributed by atoms with E-state index in [2.05, 4.69) is 15.4 Å². The molecule has 0 saturated carbocycles. The summed E-state index contributed by atoms with van der Waals surface area (Å²) in [7, 11) is 0. The van der Waals surface area contributed by atoms with Gasteiger partial charge in [0, 0.05) is 0 Å². The van der Waals surface area contributed by atoms with Crippen LogP contribution in [0.4, 0.5) is 10.2 Å². The number of nitrogens with zero attached hydrogens (tertiary/aromatic N) is 2. The van der Waals surface area contributed by atoms with Crippen molar-refractivity contribution in [3.05, 3.63) is 46.9 Å². The van der Waals surface area contributed by atoms with Gasteiger partial charge in [-0.25, -0.2) is 20.2 Å². The Bertz CT molecular complexity index is 790. The lowest BCUT2D eigenvalue weighted by Crippen LogP contribution is -2.11. The van der Waals surface area contributed by atoms with Crippen LogP contribution >= 0.6 is 11.3 Å². The van der Waals surface area contributed by atoms with Gasteiger partial charge >= 0.3 is 0 Å². The fourth-order valence-electron chi connectivity index (χ4n) is 1.95. The van der Waals surface area contributed by atoms with E-state index in [1.807, 2.05) is 11.4 Å². The second kappa shape index (κ2) is 5.63. The van der Waals surface area contributed by atoms with Crippen molar-refractivity contribution in [3.8, 4) is 5.75 Å². The summed E-state index contributed by atoms with van der Waals surface area (Å²) in [5, 5.41) is 2.76. The molecule has 3 rings (SSSR count). The van der Waals surface area contributed by atoms with Gasteiger partial charge in [-0.15, -0.1) is 11.3 Å². The van der Waals surface area contributed by atoms with E-state index in [4.69, 9.17) is 10.6 Å². The van der Waals surface area contributed by atoms with Gasteiger partial charge < -0.3 is 10.2 Å². The van der Waals surface area contributed by atoms with Crippen LogP contribution < -0.4 is 16.0 Å². The van der Waals surface area contributed by atoms with Crippen molar-refractivity contribution in [1.29, 1.82) is 0 Å². The van der Waals surface area contributed by atoms with E-state index in [1.54, 1.807) is 25.1 Å². The number of ether oxygens (including phenoxy) is 1. The van der Waals surface area contributed by atoms with Gasteiger partial charge in [-0.05, 0) is 30.0 Å². The topological polar surface area (TPSA) is 73.1 Å². The minimum absolute atomic E-state index is 0.0723. The lowest BCUT2D eigenvalue weighted by atomic mass is 10.2. The van der Waals surface area contributed by atoms with Crippen molar-refractivity contribution in [2.75, 3.05) is 5.43 Å². The molecule has 0 radical (unpaired) electrons. The van der Waals surface area contributed by atoms with E-state index in [0.717, 1.165) is 10.2 Å². The minimum atomic E-state index is -0.369. The predicted octanol–water partition coefficient (Wildman–Crippen LogP) is 3.00. The summed E-state index contributed by atoms with van der Waals surface area (Å²) in [5.41, 5.74) is 3.07. The smallest absolute Gasteiger partial charge is 0.169 e. The van der Waals surface area contributed by atoms with Crippen LogP contribution in [0.25, 0.3) is 10.2 Å². The molecule has 3 N–H and O–H groups in total. The first-order valence-corrected chi connectivity index (χ1v) is 7.15. The fraction of sp³-hybridized carbons (Fsp3) is 0.143. The van der Waals surface area contributed by atoms with Crippen LogP contribution in [0, 0.1) is 12.7 Å². The molecule has 1 aromatic carbocycles. The molecule has 0 atom stereocenters. The van der Waals surface area contributed by atoms with Crippen molar-refractivity contribution in [1.82, 2.24) is 9.97 Å². The summed E-state index contributed by atoms with van der Waals surface area (Å²) in [6, 6.07) is 6.89. The number of thiophene rings is 1. The molecule has 0 amide bonds. The Labute approximate surface area is 124 Å². The van der Waals surface area contributed by atoms with Crippen molar-refractivity contribution in [3.63, 3.8) is 0 Å². The van der Waals surface area contributed by atoms with Crippen LogP contribution in [0.3, 0.4) is 0 Å². The normalized spacial score (nSPS) is 10.8. The van der Waals surface area contributed by atoms with Crippen LogP contribution in [-0.2, 0) is 6.61 Å². The van der Waals surface area contributed by atoms with Crippen LogP contribution in [-0.4, -0.2) is 9.97 Å². The van der Waals surface area contributed by atoms with Crippen LogP contribution in [0.2, 0.25) is 0 Å². The molecule has 0 aliphatic carbocycles. The molecule has 7 heteroatoms. The Morgan fingerprint density at radius 1 is 1.33 bits per heavy atom. The average molecular weight is 304 g/mol. The minimum Gasteiger partial charge on any atom is -0.483 e. The number of hydrazine groups is 1. The van der Waals surface area contributed by atoms with Crippen molar-refractivity contribution in [2.24, 2.45) is 5.84 Å². The highest BCUT2D eigenvalue weighted by molar-refractivity contribution is 7.16. The first kappa shape index (κ1) is 13.7. The molecule has 3 aromatic rings. The second-order valence-corrected chi connectivity index (χ2v) is 5.34. The van der Waals surface area contributed by atoms with E-state index in [0.29, 0.717) is 17.2 Å². The first-order valence-electron chi connectivity index (χ1n) is 6.27. The molecule has 0 saturated heterocycles. The molecular weight excluding hydrogens is 291 g/mol. The molecule has 0 unspecified atom stereocenters. The largest absolute Gasteiger partial charge is 0.483 e. The highest BCUT2D eigenvalue weighted by atomic mass is 32.1. The molecule has 0 bridgehead atoms. The van der Waals surface area contributed by atoms with Gasteiger partial charge in [0.2, 0.25) is 0 Å². The Balaban J connectivity index is 1.86. The lowest BCUT2D eigenvalue weighted by Gasteiger charge is -2.09. The number of aryl methyl sites for hydroxylation is 1. The lowest BCUT2D eigenvalue weighted by molar-refractivity contribution is 0.281. The number of anilines is 1. The van der Waals surface area contributed by atoms with E-state index in [1.165, 1.54) is 11.3 Å². The molecule has 21 heavy (non-hydrogen) atoms. The van der Waals surface area contributed by atoms with E-state index >= 15 is 0 Å². The summed E-state index contributed by atoms with van der Waals surface area (Å²) in [6.45, 7) is 1.76. The molecule has 0 fully saturated rings. The standard InChI is InChI=1S/C14H13FN4OS/c1-8-3-2-4-10(12(8)15)20-7-11-17-13(19-16)9-5-6-21-14(9)18-11/h2-6H,7,16H2,1H3,(H,17,18,19). The molecule has 0 spiro atoms. The SMILES string of the molecule is Cc1cccc(OCc2nc(NN)c3ccsc3n2)c1F. The molecular formula is C14H13FN4OS. The third-order valence-electron chi connectivity index (χ3n) is 3.02. The highest BCUT2D eigenvalue weighted by Crippen LogP contribution is 2.25. The van der Waals surface area contributed by atoms with Gasteiger partial charge in [0.1, 0.15) is 11.4 Å². The first-order chi connectivity index (χ1) is 10.2. The number of fused-ring (bicyclic) bond motifs is 1. The van der Waals surface area contributed by atoms with Gasteiger partial charge in [-0.1, -0.05) is 12.1 Å². The monoisotopic (exact) mass is 304 g/mol. The quantitative estimate of drug-likeness (QED) is 0.572. The second-order valence-electron chi connectivity index (χ2n) is 4.45.